The molecule has 21 heavy (non-hydrogen) atoms. The number of hydrogen-bond donors (Lipinski definition) is 1. The zero-order valence-corrected chi connectivity index (χ0v) is 15.4. The van der Waals surface area contributed by atoms with E-state index in [0.717, 1.165) is 45.5 Å². The first-order valence-corrected chi connectivity index (χ1v) is 8.48. The zero-order chi connectivity index (χ0) is 15.2. The van der Waals surface area contributed by atoms with E-state index >= 15 is 0 Å². The highest BCUT2D eigenvalue weighted by atomic mass is 79.9. The van der Waals surface area contributed by atoms with Crippen molar-refractivity contribution < 1.29 is 4.74 Å². The lowest BCUT2D eigenvalue weighted by Gasteiger charge is -2.13. The largest absolute Gasteiger partial charge is 0.492 e. The maximum absolute atomic E-state index is 5.72. The van der Waals surface area contributed by atoms with E-state index in [2.05, 4.69) is 48.3 Å². The third-order valence-electron chi connectivity index (χ3n) is 3.02. The van der Waals surface area contributed by atoms with Crippen LogP contribution in [0.3, 0.4) is 0 Å². The zero-order valence-electron chi connectivity index (χ0n) is 12.2. The lowest BCUT2D eigenvalue weighted by molar-refractivity contribution is 0.333. The van der Waals surface area contributed by atoms with Gasteiger partial charge in [-0.25, -0.2) is 0 Å². The SMILES string of the molecule is CCOc1c(Br)cc(Br)cc1CNCCc1ccn(C)n1. The number of ether oxygens (including phenoxy) is 1. The van der Waals surface area contributed by atoms with Gasteiger partial charge in [0.1, 0.15) is 5.75 Å². The maximum atomic E-state index is 5.72. The highest BCUT2D eigenvalue weighted by Gasteiger charge is 2.09. The van der Waals surface area contributed by atoms with Gasteiger partial charge < -0.3 is 10.1 Å². The summed E-state index contributed by atoms with van der Waals surface area (Å²) in [5.74, 6) is 0.908. The summed E-state index contributed by atoms with van der Waals surface area (Å²) in [6.07, 6.45) is 2.88. The van der Waals surface area contributed by atoms with Crippen molar-refractivity contribution in [3.63, 3.8) is 0 Å². The van der Waals surface area contributed by atoms with Crippen molar-refractivity contribution in [3.8, 4) is 5.75 Å². The van der Waals surface area contributed by atoms with E-state index in [1.165, 1.54) is 0 Å². The first-order valence-electron chi connectivity index (χ1n) is 6.90. The van der Waals surface area contributed by atoms with Crippen LogP contribution < -0.4 is 10.1 Å². The smallest absolute Gasteiger partial charge is 0.138 e. The minimum Gasteiger partial charge on any atom is -0.492 e. The average Bonchev–Trinajstić information content (AvgIpc) is 2.84. The van der Waals surface area contributed by atoms with Crippen LogP contribution in [-0.4, -0.2) is 22.9 Å². The van der Waals surface area contributed by atoms with Crippen LogP contribution in [0.1, 0.15) is 18.2 Å². The molecule has 2 aromatic rings. The van der Waals surface area contributed by atoms with E-state index < -0.39 is 0 Å². The molecule has 4 nitrogen and oxygen atoms in total. The number of halogens is 2. The lowest BCUT2D eigenvalue weighted by Crippen LogP contribution is -2.17. The third-order valence-corrected chi connectivity index (χ3v) is 4.06. The number of hydrogen-bond acceptors (Lipinski definition) is 3. The fourth-order valence-electron chi connectivity index (χ4n) is 2.09. The Morgan fingerprint density at radius 2 is 2.14 bits per heavy atom. The molecule has 0 bridgehead atoms. The van der Waals surface area contributed by atoms with Gasteiger partial charge in [0.05, 0.1) is 16.8 Å². The van der Waals surface area contributed by atoms with Crippen LogP contribution in [0.25, 0.3) is 0 Å². The Bertz CT molecular complexity index is 599. The predicted octanol–water partition coefficient (Wildman–Crippen LogP) is 3.68. The fraction of sp³-hybridized carbons (Fsp3) is 0.400. The third kappa shape index (κ3) is 4.83. The quantitative estimate of drug-likeness (QED) is 0.699. The molecule has 0 aliphatic rings. The number of benzene rings is 1. The molecule has 1 aromatic heterocycles. The van der Waals surface area contributed by atoms with Gasteiger partial charge in [0.2, 0.25) is 0 Å². The van der Waals surface area contributed by atoms with Crippen molar-refractivity contribution in [2.75, 3.05) is 13.2 Å². The van der Waals surface area contributed by atoms with Crippen LogP contribution in [0.15, 0.2) is 33.3 Å². The molecule has 0 aliphatic carbocycles. The predicted molar refractivity (Wildman–Crippen MR) is 91.6 cm³/mol. The molecule has 0 saturated heterocycles. The van der Waals surface area contributed by atoms with Gasteiger partial charge in [-0.2, -0.15) is 5.10 Å². The summed E-state index contributed by atoms with van der Waals surface area (Å²) in [6.45, 7) is 4.29. The molecular weight excluding hydrogens is 398 g/mol. The molecule has 0 aliphatic heterocycles. The van der Waals surface area contributed by atoms with Crippen molar-refractivity contribution in [2.45, 2.75) is 19.9 Å². The van der Waals surface area contributed by atoms with Crippen molar-refractivity contribution in [1.29, 1.82) is 0 Å². The minimum atomic E-state index is 0.654. The molecule has 114 valence electrons. The van der Waals surface area contributed by atoms with Crippen LogP contribution in [0.2, 0.25) is 0 Å². The molecule has 0 saturated carbocycles. The van der Waals surface area contributed by atoms with Crippen molar-refractivity contribution in [3.05, 3.63) is 44.6 Å². The number of aryl methyl sites for hydroxylation is 1. The number of aromatic nitrogens is 2. The molecule has 0 radical (unpaired) electrons. The Balaban J connectivity index is 1.92. The van der Waals surface area contributed by atoms with E-state index in [4.69, 9.17) is 4.74 Å². The number of nitrogens with zero attached hydrogens (tertiary/aromatic N) is 2. The van der Waals surface area contributed by atoms with Crippen LogP contribution in [0.5, 0.6) is 5.75 Å². The van der Waals surface area contributed by atoms with Gasteiger partial charge in [0, 0.05) is 42.8 Å². The van der Waals surface area contributed by atoms with E-state index in [1.807, 2.05) is 37.0 Å². The topological polar surface area (TPSA) is 39.1 Å². The summed E-state index contributed by atoms with van der Waals surface area (Å²) >= 11 is 7.07. The van der Waals surface area contributed by atoms with Gasteiger partial charge in [-0.3, -0.25) is 4.68 Å². The first kappa shape index (κ1) is 16.5. The standard InChI is InChI=1S/C15H19Br2N3O/c1-3-21-15-11(8-12(16)9-14(15)17)10-18-6-4-13-5-7-20(2)19-13/h5,7-9,18H,3-4,6,10H2,1-2H3. The van der Waals surface area contributed by atoms with E-state index in [0.29, 0.717) is 6.61 Å². The van der Waals surface area contributed by atoms with Gasteiger partial charge in [0.15, 0.2) is 0 Å². The highest BCUT2D eigenvalue weighted by Crippen LogP contribution is 2.32. The lowest BCUT2D eigenvalue weighted by atomic mass is 10.2. The van der Waals surface area contributed by atoms with Gasteiger partial charge in [-0.1, -0.05) is 15.9 Å². The van der Waals surface area contributed by atoms with Crippen molar-refractivity contribution in [2.24, 2.45) is 7.05 Å². The molecule has 0 amide bonds. The van der Waals surface area contributed by atoms with E-state index in [9.17, 15) is 0 Å². The van der Waals surface area contributed by atoms with Gasteiger partial charge in [-0.15, -0.1) is 0 Å². The second-order valence-corrected chi connectivity index (χ2v) is 6.49. The van der Waals surface area contributed by atoms with Crippen LogP contribution >= 0.6 is 31.9 Å². The molecule has 6 heteroatoms. The van der Waals surface area contributed by atoms with E-state index in [1.54, 1.807) is 0 Å². The van der Waals surface area contributed by atoms with Crippen molar-refractivity contribution in [1.82, 2.24) is 15.1 Å². The Morgan fingerprint density at radius 3 is 2.81 bits per heavy atom. The summed E-state index contributed by atoms with van der Waals surface area (Å²) in [5, 5.41) is 7.81. The Morgan fingerprint density at radius 1 is 1.33 bits per heavy atom. The van der Waals surface area contributed by atoms with E-state index in [-0.39, 0.29) is 0 Å². The Hall–Kier alpha value is -0.850. The summed E-state index contributed by atoms with van der Waals surface area (Å²) in [7, 11) is 1.93. The van der Waals surface area contributed by atoms with Crippen LogP contribution in [0.4, 0.5) is 0 Å². The molecule has 0 fully saturated rings. The second kappa shape index (κ2) is 7.96. The molecule has 0 spiro atoms. The molecule has 1 N–H and O–H groups in total. The summed E-state index contributed by atoms with van der Waals surface area (Å²) in [5.41, 5.74) is 2.24. The second-order valence-electron chi connectivity index (χ2n) is 4.72. The monoisotopic (exact) mass is 415 g/mol. The Labute approximate surface area is 142 Å². The van der Waals surface area contributed by atoms with Gasteiger partial charge in [-0.05, 0) is 41.1 Å². The highest BCUT2D eigenvalue weighted by molar-refractivity contribution is 9.11. The van der Waals surface area contributed by atoms with Crippen LogP contribution in [-0.2, 0) is 20.0 Å². The molecule has 0 atom stereocenters. The summed E-state index contributed by atoms with van der Waals surface area (Å²) < 4.78 is 9.56. The first-order chi connectivity index (χ1) is 10.1. The molecule has 1 aromatic carbocycles. The minimum absolute atomic E-state index is 0.654. The fourth-order valence-corrected chi connectivity index (χ4v) is 3.52. The average molecular weight is 417 g/mol. The Kier molecular flexibility index (Phi) is 6.26. The molecular formula is C15H19Br2N3O. The van der Waals surface area contributed by atoms with Gasteiger partial charge >= 0.3 is 0 Å². The number of rotatable bonds is 7. The molecule has 1 heterocycles. The summed E-state index contributed by atoms with van der Waals surface area (Å²) in [6, 6.07) is 6.13. The van der Waals surface area contributed by atoms with Gasteiger partial charge in [0.25, 0.3) is 0 Å². The summed E-state index contributed by atoms with van der Waals surface area (Å²) in [4.78, 5) is 0. The van der Waals surface area contributed by atoms with Crippen LogP contribution in [0, 0.1) is 0 Å². The number of nitrogens with one attached hydrogen (secondary N) is 1. The van der Waals surface area contributed by atoms with Crippen molar-refractivity contribution >= 4 is 31.9 Å². The normalized spacial score (nSPS) is 10.9. The molecule has 2 rings (SSSR count). The maximum Gasteiger partial charge on any atom is 0.138 e. The molecule has 0 unspecified atom stereocenters.